The molecular weight excluding hydrogens is 667 g/mol. The van der Waals surface area contributed by atoms with Gasteiger partial charge in [-0.15, -0.1) is 0 Å². The second kappa shape index (κ2) is 18.0. The van der Waals surface area contributed by atoms with Crippen molar-refractivity contribution in [2.75, 3.05) is 18.4 Å². The van der Waals surface area contributed by atoms with E-state index in [4.69, 9.17) is 4.74 Å². The van der Waals surface area contributed by atoms with Gasteiger partial charge in [-0.2, -0.15) is 5.10 Å². The molecule has 52 heavy (non-hydrogen) atoms. The summed E-state index contributed by atoms with van der Waals surface area (Å²) in [5.74, 6) is -2.55. The number of likely N-dealkylation sites (tertiary alicyclic amines) is 1. The fraction of sp³-hybridized carbons (Fsp3) is 0.641. The number of amides is 4. The summed E-state index contributed by atoms with van der Waals surface area (Å²) < 4.78 is 22.8. The van der Waals surface area contributed by atoms with Gasteiger partial charge in [-0.25, -0.2) is 4.39 Å². The van der Waals surface area contributed by atoms with Gasteiger partial charge in [0.2, 0.25) is 17.7 Å². The van der Waals surface area contributed by atoms with Crippen LogP contribution in [0, 0.1) is 23.6 Å². The first-order valence-corrected chi connectivity index (χ1v) is 18.8. The largest absolute Gasteiger partial charge is 0.460 e. The molecule has 4 amide bonds. The summed E-state index contributed by atoms with van der Waals surface area (Å²) >= 11 is 0. The van der Waals surface area contributed by atoms with Crippen molar-refractivity contribution >= 4 is 35.3 Å². The number of hydrogen-bond donors (Lipinski definition) is 3. The first-order valence-electron chi connectivity index (χ1n) is 18.8. The average molecular weight is 725 g/mol. The van der Waals surface area contributed by atoms with Crippen LogP contribution < -0.4 is 16.0 Å². The first-order chi connectivity index (χ1) is 24.6. The maximum absolute atomic E-state index is 15.8. The molecule has 0 unspecified atom stereocenters. The molecule has 12 nitrogen and oxygen atoms in total. The molecule has 2 heterocycles. The molecule has 2 aromatic rings. The van der Waals surface area contributed by atoms with Crippen LogP contribution in [0.3, 0.4) is 0 Å². The Balaban J connectivity index is 1.46. The molecule has 3 N–H and O–H groups in total. The zero-order valence-corrected chi connectivity index (χ0v) is 31.8. The van der Waals surface area contributed by atoms with Crippen molar-refractivity contribution in [3.8, 4) is 0 Å². The van der Waals surface area contributed by atoms with Gasteiger partial charge in [0.25, 0.3) is 5.91 Å². The van der Waals surface area contributed by atoms with Crippen molar-refractivity contribution in [3.05, 3.63) is 47.5 Å². The van der Waals surface area contributed by atoms with Crippen molar-refractivity contribution in [3.63, 3.8) is 0 Å². The fourth-order valence-electron chi connectivity index (χ4n) is 7.18. The van der Waals surface area contributed by atoms with E-state index in [1.165, 1.54) is 18.3 Å². The number of aryl methyl sites for hydroxylation is 1. The van der Waals surface area contributed by atoms with Crippen molar-refractivity contribution in [1.29, 1.82) is 0 Å². The summed E-state index contributed by atoms with van der Waals surface area (Å²) in [7, 11) is 0. The van der Waals surface area contributed by atoms with Gasteiger partial charge in [0.15, 0.2) is 0 Å². The number of esters is 1. The van der Waals surface area contributed by atoms with Crippen LogP contribution in [0.15, 0.2) is 30.5 Å². The fourth-order valence-corrected chi connectivity index (χ4v) is 7.18. The number of halogens is 1. The summed E-state index contributed by atoms with van der Waals surface area (Å²) in [4.78, 5) is 67.5. The number of ether oxygens (including phenoxy) is 1. The third-order valence-electron chi connectivity index (χ3n) is 10.3. The Morgan fingerprint density at radius 1 is 0.981 bits per heavy atom. The van der Waals surface area contributed by atoms with E-state index in [2.05, 4.69) is 28.0 Å². The number of piperidine rings is 1. The van der Waals surface area contributed by atoms with Crippen LogP contribution in [-0.4, -0.2) is 75.1 Å². The van der Waals surface area contributed by atoms with Crippen molar-refractivity contribution < 1.29 is 33.1 Å². The number of benzene rings is 1. The highest BCUT2D eigenvalue weighted by molar-refractivity contribution is 6.00. The van der Waals surface area contributed by atoms with Crippen LogP contribution in [0.4, 0.5) is 10.1 Å². The first kappa shape index (κ1) is 40.5. The summed E-state index contributed by atoms with van der Waals surface area (Å²) in [6.07, 6.45) is 6.61. The lowest BCUT2D eigenvalue weighted by atomic mass is 9.79. The van der Waals surface area contributed by atoms with Gasteiger partial charge in [0, 0.05) is 44.6 Å². The number of anilines is 1. The van der Waals surface area contributed by atoms with Crippen LogP contribution in [0.5, 0.6) is 0 Å². The Bertz CT molecular complexity index is 1570. The molecule has 0 radical (unpaired) electrons. The number of aromatic nitrogens is 2. The zero-order chi connectivity index (χ0) is 38.2. The Morgan fingerprint density at radius 3 is 2.25 bits per heavy atom. The summed E-state index contributed by atoms with van der Waals surface area (Å²) in [6, 6.07) is 4.16. The van der Waals surface area contributed by atoms with Gasteiger partial charge in [-0.05, 0) is 94.9 Å². The lowest BCUT2D eigenvalue weighted by molar-refractivity contribution is -0.156. The third kappa shape index (κ3) is 10.9. The molecule has 1 aromatic heterocycles. The number of carbonyl (C=O) groups excluding carboxylic acids is 5. The second-order valence-corrected chi connectivity index (χ2v) is 15.5. The molecule has 0 spiro atoms. The Labute approximate surface area is 307 Å². The maximum Gasteiger partial charge on any atom is 0.306 e. The minimum absolute atomic E-state index is 0.0458. The van der Waals surface area contributed by atoms with Gasteiger partial charge in [-0.3, -0.25) is 28.7 Å². The number of nitrogens with zero attached hydrogens (tertiary/aromatic N) is 3. The van der Waals surface area contributed by atoms with E-state index in [-0.39, 0.29) is 48.1 Å². The van der Waals surface area contributed by atoms with E-state index >= 15 is 4.39 Å². The van der Waals surface area contributed by atoms with E-state index in [1.54, 1.807) is 35.6 Å². The van der Waals surface area contributed by atoms with Crippen LogP contribution in [0.25, 0.3) is 0 Å². The third-order valence-corrected chi connectivity index (χ3v) is 10.3. The van der Waals surface area contributed by atoms with Crippen molar-refractivity contribution in [2.45, 2.75) is 130 Å². The van der Waals surface area contributed by atoms with E-state index in [0.717, 1.165) is 25.7 Å². The average Bonchev–Trinajstić information content (AvgIpc) is 3.59. The molecule has 4 rings (SSSR count). The molecule has 1 aromatic carbocycles. The lowest BCUT2D eigenvalue weighted by Gasteiger charge is -2.36. The molecule has 1 saturated heterocycles. The van der Waals surface area contributed by atoms with Crippen LogP contribution >= 0.6 is 0 Å². The predicted octanol–water partition coefficient (Wildman–Crippen LogP) is 5.57. The van der Waals surface area contributed by atoms with E-state index in [9.17, 15) is 24.0 Å². The molecule has 1 aliphatic heterocycles. The van der Waals surface area contributed by atoms with Crippen LogP contribution in [-0.2, 0) is 30.5 Å². The molecule has 0 bridgehead atoms. The quantitative estimate of drug-likeness (QED) is 0.229. The molecular formula is C39H57FN6O6. The molecule has 286 valence electrons. The van der Waals surface area contributed by atoms with E-state index < -0.39 is 41.2 Å². The van der Waals surface area contributed by atoms with E-state index in [0.29, 0.717) is 49.7 Å². The van der Waals surface area contributed by atoms with Crippen molar-refractivity contribution in [1.82, 2.24) is 25.3 Å². The van der Waals surface area contributed by atoms with Gasteiger partial charge in [0.1, 0.15) is 29.2 Å². The Hall–Kier alpha value is -4.29. The standard InChI is InChI=1S/C39H57FN6O6/c1-8-32(47)43-34(38(51)45-20-17-26(18-21-45)22-33(48)52-39(5,6)7)25(4)28-14-15-30(29(40)23-28)42-37(50)35(27-12-10-24(3)11-13-27)44-36(49)31-16-19-41-46(31)9-2/h14-16,19,23-27,34-35H,8-13,17-18,20-22H2,1-7H3,(H,42,50)(H,43,47)(H,44,49)/t24?,25-,27?,34+,35-/m0/s1. The van der Waals surface area contributed by atoms with Crippen LogP contribution in [0.1, 0.15) is 122 Å². The summed E-state index contributed by atoms with van der Waals surface area (Å²) in [5.41, 5.74) is 0.212. The van der Waals surface area contributed by atoms with Gasteiger partial charge >= 0.3 is 5.97 Å². The zero-order valence-electron chi connectivity index (χ0n) is 31.8. The van der Waals surface area contributed by atoms with Gasteiger partial charge < -0.3 is 25.6 Å². The SMILES string of the molecule is CCC(=O)N[C@@H](C(=O)N1CCC(CC(=O)OC(C)(C)C)CC1)[C@@H](C)c1ccc(NC(=O)[C@@H](NC(=O)c2ccnn2CC)C2CCC(C)CC2)c(F)c1. The maximum atomic E-state index is 15.8. The molecule has 1 aliphatic carbocycles. The van der Waals surface area contributed by atoms with E-state index in [1.807, 2.05) is 27.7 Å². The number of nitrogens with one attached hydrogen (secondary N) is 3. The minimum Gasteiger partial charge on any atom is -0.460 e. The Morgan fingerprint density at radius 2 is 1.65 bits per heavy atom. The van der Waals surface area contributed by atoms with Gasteiger partial charge in [-0.1, -0.05) is 39.7 Å². The smallest absolute Gasteiger partial charge is 0.306 e. The monoisotopic (exact) mass is 724 g/mol. The topological polar surface area (TPSA) is 152 Å². The number of hydrogen-bond acceptors (Lipinski definition) is 7. The number of rotatable bonds is 13. The summed E-state index contributed by atoms with van der Waals surface area (Å²) in [5, 5.41) is 12.6. The summed E-state index contributed by atoms with van der Waals surface area (Å²) in [6.45, 7) is 14.3. The number of carbonyl (C=O) groups is 5. The highest BCUT2D eigenvalue weighted by atomic mass is 19.1. The minimum atomic E-state index is -0.945. The molecule has 2 fully saturated rings. The normalized spacial score (nSPS) is 20.0. The molecule has 13 heteroatoms. The lowest BCUT2D eigenvalue weighted by Crippen LogP contribution is -2.52. The Kier molecular flexibility index (Phi) is 14.0. The molecule has 3 atom stereocenters. The highest BCUT2D eigenvalue weighted by Crippen LogP contribution is 2.32. The molecule has 1 saturated carbocycles. The predicted molar refractivity (Wildman–Crippen MR) is 196 cm³/mol. The van der Waals surface area contributed by atoms with Crippen molar-refractivity contribution in [2.24, 2.45) is 17.8 Å². The highest BCUT2D eigenvalue weighted by Gasteiger charge is 2.36. The molecule has 2 aliphatic rings. The second-order valence-electron chi connectivity index (χ2n) is 15.5. The van der Waals surface area contributed by atoms with Gasteiger partial charge in [0.05, 0.1) is 5.69 Å². The van der Waals surface area contributed by atoms with Crippen LogP contribution in [0.2, 0.25) is 0 Å².